The van der Waals surface area contributed by atoms with E-state index in [9.17, 15) is 0 Å². The van der Waals surface area contributed by atoms with Crippen LogP contribution >= 0.6 is 15.9 Å². The minimum atomic E-state index is -0.213. The van der Waals surface area contributed by atoms with Crippen molar-refractivity contribution in [3.05, 3.63) is 34.3 Å². The summed E-state index contributed by atoms with van der Waals surface area (Å²) in [5.74, 6) is 0. The highest BCUT2D eigenvalue weighted by Crippen LogP contribution is 2.38. The lowest BCUT2D eigenvalue weighted by atomic mass is 9.82. The molecule has 19 heavy (non-hydrogen) atoms. The molecule has 0 bridgehead atoms. The molecule has 2 rings (SSSR count). The quantitative estimate of drug-likeness (QED) is 0.760. The van der Waals surface area contributed by atoms with Gasteiger partial charge in [0.15, 0.2) is 0 Å². The first-order valence-electron chi connectivity index (χ1n) is 6.90. The van der Waals surface area contributed by atoms with E-state index in [-0.39, 0.29) is 18.3 Å². The first kappa shape index (κ1) is 15.1. The summed E-state index contributed by atoms with van der Waals surface area (Å²) in [6.07, 6.45) is 3.10. The lowest BCUT2D eigenvalue weighted by molar-refractivity contribution is 0.00578. The van der Waals surface area contributed by atoms with E-state index in [1.54, 1.807) is 0 Å². The molecule has 1 aliphatic heterocycles. The zero-order valence-electron chi connectivity index (χ0n) is 12.2. The van der Waals surface area contributed by atoms with Crippen molar-refractivity contribution in [1.29, 1.82) is 0 Å². The van der Waals surface area contributed by atoms with Gasteiger partial charge < -0.3 is 9.31 Å². The Morgan fingerprint density at radius 2 is 1.53 bits per heavy atom. The van der Waals surface area contributed by atoms with Crippen LogP contribution in [0.25, 0.3) is 0 Å². The second-order valence-electron chi connectivity index (χ2n) is 6.20. The summed E-state index contributed by atoms with van der Waals surface area (Å²) in [7, 11) is -0.0690. The zero-order valence-corrected chi connectivity index (χ0v) is 13.8. The maximum absolute atomic E-state index is 5.99. The molecule has 0 N–H and O–H groups in total. The van der Waals surface area contributed by atoms with Crippen molar-refractivity contribution in [2.45, 2.75) is 58.1 Å². The molecule has 2 nitrogen and oxygen atoms in total. The van der Waals surface area contributed by atoms with Crippen molar-refractivity contribution in [2.75, 3.05) is 0 Å². The maximum Gasteiger partial charge on any atom is 0.457 e. The summed E-state index contributed by atoms with van der Waals surface area (Å²) in [6, 6.07) is 8.50. The molecule has 0 saturated carbocycles. The van der Waals surface area contributed by atoms with Crippen molar-refractivity contribution in [3.8, 4) is 0 Å². The average Bonchev–Trinajstić information content (AvgIpc) is 2.50. The van der Waals surface area contributed by atoms with E-state index in [2.05, 4.69) is 67.9 Å². The molecule has 0 aromatic heterocycles. The van der Waals surface area contributed by atoms with E-state index in [1.807, 2.05) is 0 Å². The van der Waals surface area contributed by atoms with Crippen molar-refractivity contribution < 1.29 is 9.31 Å². The third-order valence-electron chi connectivity index (χ3n) is 4.12. The van der Waals surface area contributed by atoms with Crippen LogP contribution in [0.4, 0.5) is 0 Å². The monoisotopic (exact) mass is 324 g/mol. The van der Waals surface area contributed by atoms with Gasteiger partial charge in [0.25, 0.3) is 0 Å². The molecule has 0 atom stereocenters. The highest BCUT2D eigenvalue weighted by atomic mass is 79.9. The standard InChI is InChI=1S/C15H22BBrO2/c1-14(2)15(3,4)19-16(18-14)11-5-6-12-7-9-13(17)10-8-12/h7-10H,5-6,11H2,1-4H3. The van der Waals surface area contributed by atoms with Crippen molar-refractivity contribution in [2.24, 2.45) is 0 Å². The topological polar surface area (TPSA) is 18.5 Å². The van der Waals surface area contributed by atoms with Gasteiger partial charge in [0.1, 0.15) is 0 Å². The summed E-state index contributed by atoms with van der Waals surface area (Å²) in [5, 5.41) is 0. The summed E-state index contributed by atoms with van der Waals surface area (Å²) in [4.78, 5) is 0. The summed E-state index contributed by atoms with van der Waals surface area (Å²) in [6.45, 7) is 8.40. The number of rotatable bonds is 4. The molecule has 1 aromatic carbocycles. The molecule has 4 heteroatoms. The van der Waals surface area contributed by atoms with Gasteiger partial charge in [-0.15, -0.1) is 0 Å². The fourth-order valence-electron chi connectivity index (χ4n) is 2.21. The molecule has 1 fully saturated rings. The van der Waals surface area contributed by atoms with Crippen LogP contribution in [0.2, 0.25) is 6.32 Å². The van der Waals surface area contributed by atoms with Crippen molar-refractivity contribution in [1.82, 2.24) is 0 Å². The Hall–Kier alpha value is -0.315. The lowest BCUT2D eigenvalue weighted by Gasteiger charge is -2.32. The third-order valence-corrected chi connectivity index (χ3v) is 4.65. The van der Waals surface area contributed by atoms with Crippen LogP contribution in [-0.2, 0) is 15.7 Å². The lowest BCUT2D eigenvalue weighted by Crippen LogP contribution is -2.41. The van der Waals surface area contributed by atoms with Gasteiger partial charge in [-0.05, 0) is 58.1 Å². The average molecular weight is 325 g/mol. The van der Waals surface area contributed by atoms with Gasteiger partial charge >= 0.3 is 7.12 Å². The molecule has 0 radical (unpaired) electrons. The van der Waals surface area contributed by atoms with Crippen molar-refractivity contribution >= 4 is 23.0 Å². The fourth-order valence-corrected chi connectivity index (χ4v) is 2.47. The predicted octanol–water partition coefficient (Wildman–Crippen LogP) is 4.47. The van der Waals surface area contributed by atoms with Gasteiger partial charge in [-0.1, -0.05) is 34.5 Å². The van der Waals surface area contributed by atoms with Crippen molar-refractivity contribution in [3.63, 3.8) is 0 Å². The maximum atomic E-state index is 5.99. The Morgan fingerprint density at radius 3 is 2.05 bits per heavy atom. The van der Waals surface area contributed by atoms with Gasteiger partial charge in [-0.25, -0.2) is 0 Å². The Morgan fingerprint density at radius 1 is 1.00 bits per heavy atom. The summed E-state index contributed by atoms with van der Waals surface area (Å²) in [5.41, 5.74) is 0.935. The molecule has 0 unspecified atom stereocenters. The Kier molecular flexibility index (Phi) is 4.43. The summed E-state index contributed by atoms with van der Waals surface area (Å²) >= 11 is 3.45. The molecule has 0 aliphatic carbocycles. The van der Waals surface area contributed by atoms with Crippen LogP contribution < -0.4 is 0 Å². The van der Waals surface area contributed by atoms with Gasteiger partial charge in [0, 0.05) is 4.47 Å². The van der Waals surface area contributed by atoms with Gasteiger partial charge in [-0.2, -0.15) is 0 Å². The van der Waals surface area contributed by atoms with Gasteiger partial charge in [-0.3, -0.25) is 0 Å². The Labute approximate surface area is 125 Å². The number of aryl methyl sites for hydroxylation is 1. The predicted molar refractivity (Wildman–Crippen MR) is 83.4 cm³/mol. The molecule has 1 aliphatic rings. The normalized spacial score (nSPS) is 20.8. The van der Waals surface area contributed by atoms with E-state index in [4.69, 9.17) is 9.31 Å². The first-order valence-corrected chi connectivity index (χ1v) is 7.69. The van der Waals surface area contributed by atoms with Crippen LogP contribution in [-0.4, -0.2) is 18.3 Å². The first-order chi connectivity index (χ1) is 8.80. The van der Waals surface area contributed by atoms with E-state index in [0.29, 0.717) is 0 Å². The molecule has 0 spiro atoms. The minimum Gasteiger partial charge on any atom is -0.403 e. The Bertz CT molecular complexity index is 412. The number of benzene rings is 1. The fraction of sp³-hybridized carbons (Fsp3) is 0.600. The Balaban J connectivity index is 1.80. The number of halogens is 1. The van der Waals surface area contributed by atoms with Crippen LogP contribution in [0.15, 0.2) is 28.7 Å². The molecule has 104 valence electrons. The highest BCUT2D eigenvalue weighted by molar-refractivity contribution is 9.10. The highest BCUT2D eigenvalue weighted by Gasteiger charge is 2.50. The number of hydrogen-bond acceptors (Lipinski definition) is 2. The van der Waals surface area contributed by atoms with Crippen LogP contribution in [0.1, 0.15) is 39.7 Å². The van der Waals surface area contributed by atoms with E-state index in [1.165, 1.54) is 5.56 Å². The molecule has 1 aromatic rings. The van der Waals surface area contributed by atoms with E-state index < -0.39 is 0 Å². The van der Waals surface area contributed by atoms with E-state index in [0.717, 1.165) is 23.6 Å². The van der Waals surface area contributed by atoms with Crippen LogP contribution in [0.3, 0.4) is 0 Å². The summed E-state index contributed by atoms with van der Waals surface area (Å²) < 4.78 is 13.1. The second-order valence-corrected chi connectivity index (χ2v) is 7.12. The molecular weight excluding hydrogens is 303 g/mol. The van der Waals surface area contributed by atoms with Crippen LogP contribution in [0, 0.1) is 0 Å². The van der Waals surface area contributed by atoms with Gasteiger partial charge in [0.05, 0.1) is 11.2 Å². The third kappa shape index (κ3) is 3.62. The largest absolute Gasteiger partial charge is 0.457 e. The molecule has 0 amide bonds. The van der Waals surface area contributed by atoms with Crippen LogP contribution in [0.5, 0.6) is 0 Å². The van der Waals surface area contributed by atoms with E-state index >= 15 is 0 Å². The second kappa shape index (κ2) is 5.59. The minimum absolute atomic E-state index is 0.0690. The molecule has 1 saturated heterocycles. The smallest absolute Gasteiger partial charge is 0.403 e. The van der Waals surface area contributed by atoms with Gasteiger partial charge in [0.2, 0.25) is 0 Å². The molecule has 1 heterocycles. The molecular formula is C15H22BBrO2. The number of hydrogen-bond donors (Lipinski definition) is 0. The zero-order chi connectivity index (χ0) is 14.1. The SMILES string of the molecule is CC1(C)OB(CCCc2ccc(Br)cc2)OC1(C)C.